The van der Waals surface area contributed by atoms with Gasteiger partial charge in [-0.3, -0.25) is 0 Å². The highest BCUT2D eigenvalue weighted by molar-refractivity contribution is 5.21. The van der Waals surface area contributed by atoms with E-state index in [1.807, 2.05) is 0 Å². The fraction of sp³-hybridized carbons (Fsp3) is 0.733. The molecule has 0 bridgehead atoms. The van der Waals surface area contributed by atoms with Gasteiger partial charge in [0.05, 0.1) is 0 Å². The molecule has 1 N–H and O–H groups in total. The number of likely N-dealkylation sites (N-methyl/N-ethyl adjacent to an activating group) is 2. The Hall–Kier alpha value is -0.800. The molecule has 0 spiro atoms. The maximum Gasteiger partial charge on any atom is 0.0299 e. The van der Waals surface area contributed by atoms with Crippen molar-refractivity contribution in [3.8, 4) is 0 Å². The number of nitrogens with zero attached hydrogens (tertiary/aromatic N) is 2. The van der Waals surface area contributed by atoms with Crippen molar-refractivity contribution in [2.75, 3.05) is 40.3 Å². The molecule has 1 atom stereocenters. The minimum Gasteiger partial charge on any atom is -0.377 e. The standard InChI is InChI=1S/C15H27N3/c1-13-4-6-14(7-5-13)17(2)10-11-18(3)15-8-9-16-12-15/h4,6,15-16H,5,7-12H2,1-3H3. The maximum atomic E-state index is 3.43. The van der Waals surface area contributed by atoms with Crippen molar-refractivity contribution < 1.29 is 0 Å². The summed E-state index contributed by atoms with van der Waals surface area (Å²) in [5, 5.41) is 3.43. The molecule has 0 aromatic heterocycles. The Bertz CT molecular complexity index is 327. The molecule has 3 heteroatoms. The predicted octanol–water partition coefficient (Wildman–Crippen LogP) is 1.84. The van der Waals surface area contributed by atoms with Gasteiger partial charge in [0.1, 0.15) is 0 Å². The van der Waals surface area contributed by atoms with Crippen LogP contribution in [-0.2, 0) is 0 Å². The molecule has 1 saturated heterocycles. The first-order valence-corrected chi connectivity index (χ1v) is 7.15. The SMILES string of the molecule is CC1=CC=C(N(C)CCN(C)C2CCNC2)CC1. The van der Waals surface area contributed by atoms with Crippen LogP contribution in [0.4, 0.5) is 0 Å². The molecule has 2 aliphatic rings. The predicted molar refractivity (Wildman–Crippen MR) is 77.6 cm³/mol. The Morgan fingerprint density at radius 1 is 1.22 bits per heavy atom. The van der Waals surface area contributed by atoms with E-state index in [1.54, 1.807) is 0 Å². The molecule has 3 nitrogen and oxygen atoms in total. The van der Waals surface area contributed by atoms with Crippen molar-refractivity contribution in [2.45, 2.75) is 32.2 Å². The lowest BCUT2D eigenvalue weighted by Gasteiger charge is -2.29. The third-order valence-electron chi connectivity index (χ3n) is 4.27. The van der Waals surface area contributed by atoms with Crippen molar-refractivity contribution in [3.63, 3.8) is 0 Å². The molecular weight excluding hydrogens is 222 g/mol. The minimum absolute atomic E-state index is 0.737. The van der Waals surface area contributed by atoms with Gasteiger partial charge in [-0.15, -0.1) is 0 Å². The quantitative estimate of drug-likeness (QED) is 0.802. The third-order valence-corrected chi connectivity index (χ3v) is 4.27. The van der Waals surface area contributed by atoms with E-state index in [1.165, 1.54) is 37.1 Å². The summed E-state index contributed by atoms with van der Waals surface area (Å²) >= 11 is 0. The number of hydrogen-bond acceptors (Lipinski definition) is 3. The second-order valence-electron chi connectivity index (χ2n) is 5.72. The fourth-order valence-corrected chi connectivity index (χ4v) is 2.70. The second kappa shape index (κ2) is 6.39. The maximum absolute atomic E-state index is 3.43. The van der Waals surface area contributed by atoms with Crippen LogP contribution in [-0.4, -0.2) is 56.1 Å². The summed E-state index contributed by atoms with van der Waals surface area (Å²) in [5.41, 5.74) is 2.99. The Balaban J connectivity index is 1.75. The zero-order chi connectivity index (χ0) is 13.0. The monoisotopic (exact) mass is 249 g/mol. The van der Waals surface area contributed by atoms with E-state index < -0.39 is 0 Å². The zero-order valence-electron chi connectivity index (χ0n) is 12.1. The number of rotatable bonds is 5. The van der Waals surface area contributed by atoms with Crippen molar-refractivity contribution >= 4 is 0 Å². The molecule has 18 heavy (non-hydrogen) atoms. The van der Waals surface area contributed by atoms with Gasteiger partial charge in [0.25, 0.3) is 0 Å². The normalized spacial score (nSPS) is 24.1. The van der Waals surface area contributed by atoms with Crippen molar-refractivity contribution in [2.24, 2.45) is 0 Å². The highest BCUT2D eigenvalue weighted by Crippen LogP contribution is 2.19. The molecule has 1 aliphatic carbocycles. The topological polar surface area (TPSA) is 18.5 Å². The molecule has 0 aromatic carbocycles. The van der Waals surface area contributed by atoms with E-state index >= 15 is 0 Å². The Kier molecular flexibility index (Phi) is 4.84. The van der Waals surface area contributed by atoms with Crippen LogP contribution in [0.5, 0.6) is 0 Å². The van der Waals surface area contributed by atoms with Crippen LogP contribution < -0.4 is 5.32 Å². The van der Waals surface area contributed by atoms with Gasteiger partial charge in [0.15, 0.2) is 0 Å². The Morgan fingerprint density at radius 2 is 2.06 bits per heavy atom. The van der Waals surface area contributed by atoms with E-state index in [0.717, 1.165) is 25.7 Å². The van der Waals surface area contributed by atoms with Crippen LogP contribution in [0.15, 0.2) is 23.4 Å². The van der Waals surface area contributed by atoms with Gasteiger partial charge in [-0.2, -0.15) is 0 Å². The summed E-state index contributed by atoms with van der Waals surface area (Å²) in [6.45, 7) is 6.84. The second-order valence-corrected chi connectivity index (χ2v) is 5.72. The summed E-state index contributed by atoms with van der Waals surface area (Å²) in [7, 11) is 4.48. The minimum atomic E-state index is 0.737. The molecule has 0 saturated carbocycles. The van der Waals surface area contributed by atoms with Gasteiger partial charge in [-0.05, 0) is 45.9 Å². The molecule has 0 aromatic rings. The van der Waals surface area contributed by atoms with Crippen LogP contribution >= 0.6 is 0 Å². The van der Waals surface area contributed by atoms with Gasteiger partial charge in [-0.1, -0.05) is 11.6 Å². The number of hydrogen-bond donors (Lipinski definition) is 1. The zero-order valence-corrected chi connectivity index (χ0v) is 12.1. The molecule has 0 amide bonds. The van der Waals surface area contributed by atoms with Gasteiger partial charge in [-0.25, -0.2) is 0 Å². The molecule has 102 valence electrons. The van der Waals surface area contributed by atoms with Crippen LogP contribution in [0, 0.1) is 0 Å². The number of allylic oxidation sites excluding steroid dienone is 4. The average molecular weight is 249 g/mol. The van der Waals surface area contributed by atoms with Gasteiger partial charge < -0.3 is 15.1 Å². The van der Waals surface area contributed by atoms with Crippen LogP contribution in [0.1, 0.15) is 26.2 Å². The van der Waals surface area contributed by atoms with Crippen molar-refractivity contribution in [1.82, 2.24) is 15.1 Å². The van der Waals surface area contributed by atoms with Gasteiger partial charge in [0, 0.05) is 38.4 Å². The Labute approximate surface area is 112 Å². The van der Waals surface area contributed by atoms with Crippen LogP contribution in [0.2, 0.25) is 0 Å². The number of nitrogens with one attached hydrogen (secondary N) is 1. The lowest BCUT2D eigenvalue weighted by atomic mass is 10.0. The molecular formula is C15H27N3. The summed E-state index contributed by atoms with van der Waals surface area (Å²) in [4.78, 5) is 4.92. The summed E-state index contributed by atoms with van der Waals surface area (Å²) in [6.07, 6.45) is 8.27. The smallest absolute Gasteiger partial charge is 0.0299 e. The highest BCUT2D eigenvalue weighted by atomic mass is 15.2. The molecule has 1 heterocycles. The van der Waals surface area contributed by atoms with Crippen molar-refractivity contribution in [1.29, 1.82) is 0 Å². The summed E-state index contributed by atoms with van der Waals surface area (Å²) in [5.74, 6) is 0. The van der Waals surface area contributed by atoms with Crippen molar-refractivity contribution in [3.05, 3.63) is 23.4 Å². The van der Waals surface area contributed by atoms with Crippen LogP contribution in [0.25, 0.3) is 0 Å². The lowest BCUT2D eigenvalue weighted by molar-refractivity contribution is 0.228. The fourth-order valence-electron chi connectivity index (χ4n) is 2.70. The van der Waals surface area contributed by atoms with Gasteiger partial charge in [0.2, 0.25) is 0 Å². The van der Waals surface area contributed by atoms with Gasteiger partial charge >= 0.3 is 0 Å². The first kappa shape index (κ1) is 13.6. The Morgan fingerprint density at radius 3 is 2.67 bits per heavy atom. The van der Waals surface area contributed by atoms with E-state index in [2.05, 4.69) is 48.3 Å². The van der Waals surface area contributed by atoms with E-state index in [-0.39, 0.29) is 0 Å². The van der Waals surface area contributed by atoms with E-state index in [4.69, 9.17) is 0 Å². The third kappa shape index (κ3) is 3.59. The summed E-state index contributed by atoms with van der Waals surface area (Å²) in [6, 6.07) is 0.737. The molecule has 1 unspecified atom stereocenters. The molecule has 2 rings (SSSR count). The molecule has 1 aliphatic heterocycles. The highest BCUT2D eigenvalue weighted by Gasteiger charge is 2.19. The van der Waals surface area contributed by atoms with E-state index in [0.29, 0.717) is 0 Å². The summed E-state index contributed by atoms with van der Waals surface area (Å²) < 4.78 is 0. The lowest BCUT2D eigenvalue weighted by Crippen LogP contribution is -2.38. The van der Waals surface area contributed by atoms with E-state index in [9.17, 15) is 0 Å². The first-order valence-electron chi connectivity index (χ1n) is 7.15. The van der Waals surface area contributed by atoms with Crippen LogP contribution in [0.3, 0.4) is 0 Å². The molecule has 0 radical (unpaired) electrons. The molecule has 1 fully saturated rings. The first-order chi connectivity index (χ1) is 8.66. The largest absolute Gasteiger partial charge is 0.377 e. The average Bonchev–Trinajstić information content (AvgIpc) is 2.90.